The summed E-state index contributed by atoms with van der Waals surface area (Å²) in [7, 11) is 0. The average Bonchev–Trinajstić information content (AvgIpc) is 2.83. The van der Waals surface area contributed by atoms with Gasteiger partial charge in [0.15, 0.2) is 0 Å². The molecule has 4 rings (SSSR count). The molecule has 2 fully saturated rings. The molecule has 0 saturated carbocycles. The van der Waals surface area contributed by atoms with Crippen molar-refractivity contribution in [2.75, 3.05) is 37.7 Å². The summed E-state index contributed by atoms with van der Waals surface area (Å²) in [4.78, 5) is 26.4. The Morgan fingerprint density at radius 3 is 2.56 bits per heavy atom. The number of piperidine rings is 1. The second-order valence-corrected chi connectivity index (χ2v) is 9.03. The fourth-order valence-corrected chi connectivity index (χ4v) is 4.91. The van der Waals surface area contributed by atoms with Gasteiger partial charge in [-0.05, 0) is 55.9 Å². The number of anilines is 1. The summed E-state index contributed by atoms with van der Waals surface area (Å²) in [6, 6.07) is 12.3. The van der Waals surface area contributed by atoms with Crippen LogP contribution in [-0.4, -0.2) is 43.7 Å². The van der Waals surface area contributed by atoms with Crippen molar-refractivity contribution < 1.29 is 14.5 Å². The lowest BCUT2D eigenvalue weighted by molar-refractivity contribution is -0.384. The third kappa shape index (κ3) is 4.89. The van der Waals surface area contributed by atoms with E-state index in [4.69, 9.17) is 16.3 Å². The predicted molar refractivity (Wildman–Crippen MR) is 125 cm³/mol. The Hall–Kier alpha value is -2.64. The van der Waals surface area contributed by atoms with E-state index >= 15 is 0 Å². The molecule has 8 heteroatoms. The van der Waals surface area contributed by atoms with E-state index in [0.29, 0.717) is 30.3 Å². The summed E-state index contributed by atoms with van der Waals surface area (Å²) in [5, 5.41) is 15.1. The molecule has 2 aliphatic rings. The number of ether oxygens (including phenoxy) is 1. The number of halogens is 1. The molecular formula is C24H28ClN3O4. The van der Waals surface area contributed by atoms with Gasteiger partial charge in [-0.25, -0.2) is 0 Å². The van der Waals surface area contributed by atoms with E-state index < -0.39 is 4.92 Å². The van der Waals surface area contributed by atoms with Crippen LogP contribution in [-0.2, 0) is 10.2 Å². The van der Waals surface area contributed by atoms with Crippen LogP contribution < -0.4 is 10.2 Å². The topological polar surface area (TPSA) is 84.7 Å². The quantitative estimate of drug-likeness (QED) is 0.501. The van der Waals surface area contributed by atoms with Crippen LogP contribution >= 0.6 is 11.6 Å². The van der Waals surface area contributed by atoms with Crippen molar-refractivity contribution >= 4 is 28.9 Å². The molecule has 32 heavy (non-hydrogen) atoms. The van der Waals surface area contributed by atoms with Crippen LogP contribution in [0, 0.1) is 10.1 Å². The Morgan fingerprint density at radius 2 is 1.88 bits per heavy atom. The highest BCUT2D eigenvalue weighted by molar-refractivity contribution is 6.30. The van der Waals surface area contributed by atoms with Crippen molar-refractivity contribution in [3.8, 4) is 0 Å². The number of carbonyl (C=O) groups excluding carboxylic acids is 1. The van der Waals surface area contributed by atoms with Crippen LogP contribution in [0.15, 0.2) is 42.5 Å². The first-order chi connectivity index (χ1) is 15.5. The number of amides is 1. The molecule has 2 saturated heterocycles. The van der Waals surface area contributed by atoms with E-state index in [1.165, 1.54) is 12.1 Å². The van der Waals surface area contributed by atoms with E-state index in [1.807, 2.05) is 24.3 Å². The number of non-ortho nitro benzene ring substituents is 1. The molecule has 2 aromatic rings. The smallest absolute Gasteiger partial charge is 0.270 e. The predicted octanol–water partition coefficient (Wildman–Crippen LogP) is 4.72. The number of nitro groups is 1. The van der Waals surface area contributed by atoms with E-state index in [1.54, 1.807) is 6.07 Å². The minimum absolute atomic E-state index is 0.0773. The van der Waals surface area contributed by atoms with E-state index in [-0.39, 0.29) is 17.0 Å². The Kier molecular flexibility index (Phi) is 6.96. The second-order valence-electron chi connectivity index (χ2n) is 8.59. The number of nitro benzene ring substituents is 1. The molecule has 0 radical (unpaired) electrons. The number of rotatable bonds is 6. The van der Waals surface area contributed by atoms with E-state index in [0.717, 1.165) is 56.4 Å². The zero-order valence-electron chi connectivity index (χ0n) is 18.0. The molecule has 0 aromatic heterocycles. The monoisotopic (exact) mass is 457 g/mol. The fraction of sp³-hybridized carbons (Fsp3) is 0.458. The third-order valence-electron chi connectivity index (χ3n) is 6.61. The van der Waals surface area contributed by atoms with Gasteiger partial charge in [-0.15, -0.1) is 0 Å². The van der Waals surface area contributed by atoms with Crippen molar-refractivity contribution in [1.29, 1.82) is 0 Å². The summed E-state index contributed by atoms with van der Waals surface area (Å²) < 4.78 is 5.58. The molecule has 1 N–H and O–H groups in total. The molecule has 0 unspecified atom stereocenters. The molecule has 0 spiro atoms. The van der Waals surface area contributed by atoms with E-state index in [2.05, 4.69) is 10.2 Å². The Balaban J connectivity index is 1.60. The van der Waals surface area contributed by atoms with Gasteiger partial charge in [0.25, 0.3) is 11.6 Å². The molecular weight excluding hydrogens is 430 g/mol. The minimum Gasteiger partial charge on any atom is -0.381 e. The van der Waals surface area contributed by atoms with Crippen LogP contribution in [0.4, 0.5) is 11.4 Å². The number of nitrogens with one attached hydrogen (secondary N) is 1. The lowest BCUT2D eigenvalue weighted by Crippen LogP contribution is -2.45. The molecule has 7 nitrogen and oxygen atoms in total. The first-order valence-electron chi connectivity index (χ1n) is 11.1. The van der Waals surface area contributed by atoms with Crippen LogP contribution in [0.3, 0.4) is 0 Å². The molecule has 170 valence electrons. The van der Waals surface area contributed by atoms with Gasteiger partial charge < -0.3 is 15.0 Å². The maximum Gasteiger partial charge on any atom is 0.270 e. The number of hydrogen-bond donors (Lipinski definition) is 1. The van der Waals surface area contributed by atoms with Crippen LogP contribution in [0.5, 0.6) is 0 Å². The molecule has 2 heterocycles. The number of benzene rings is 2. The van der Waals surface area contributed by atoms with Crippen LogP contribution in [0.1, 0.15) is 48.0 Å². The standard InChI is InChI=1S/C24H28ClN3O4/c25-19-6-4-5-18(15-19)24(9-13-32-14-10-24)17-26-23(29)21-16-20(28(30)31)7-8-22(21)27-11-2-1-3-12-27/h4-8,15-16H,1-3,9-14,17H2,(H,26,29). The highest BCUT2D eigenvalue weighted by Crippen LogP contribution is 2.36. The molecule has 0 bridgehead atoms. The van der Waals surface area contributed by atoms with Crippen molar-refractivity contribution in [2.24, 2.45) is 0 Å². The van der Waals surface area contributed by atoms with Crippen LogP contribution in [0.2, 0.25) is 5.02 Å². The van der Waals surface area contributed by atoms with Crippen LogP contribution in [0.25, 0.3) is 0 Å². The first-order valence-corrected chi connectivity index (χ1v) is 11.5. The number of nitrogens with zero attached hydrogens (tertiary/aromatic N) is 2. The Morgan fingerprint density at radius 1 is 1.12 bits per heavy atom. The minimum atomic E-state index is -0.456. The highest BCUT2D eigenvalue weighted by atomic mass is 35.5. The summed E-state index contributed by atoms with van der Waals surface area (Å²) in [5.41, 5.74) is 1.83. The molecule has 1 amide bonds. The van der Waals surface area contributed by atoms with Gasteiger partial charge in [-0.2, -0.15) is 0 Å². The van der Waals surface area contributed by atoms with Gasteiger partial charge in [0, 0.05) is 55.4 Å². The molecule has 2 aromatic carbocycles. The highest BCUT2D eigenvalue weighted by Gasteiger charge is 2.35. The second kappa shape index (κ2) is 9.88. The van der Waals surface area contributed by atoms with Gasteiger partial charge in [-0.3, -0.25) is 14.9 Å². The normalized spacial score (nSPS) is 18.2. The first kappa shape index (κ1) is 22.6. The summed E-state index contributed by atoms with van der Waals surface area (Å²) in [6.45, 7) is 3.33. The van der Waals surface area contributed by atoms with Gasteiger partial charge in [0.05, 0.1) is 16.2 Å². The largest absolute Gasteiger partial charge is 0.381 e. The van der Waals surface area contributed by atoms with Gasteiger partial charge >= 0.3 is 0 Å². The SMILES string of the molecule is O=C(NCC1(c2cccc(Cl)c2)CCOCC1)c1cc([N+](=O)[O-])ccc1N1CCCCC1. The number of carbonyl (C=O) groups is 1. The van der Waals surface area contributed by atoms with Crippen molar-refractivity contribution in [3.05, 3.63) is 68.7 Å². The maximum absolute atomic E-state index is 13.3. The van der Waals surface area contributed by atoms with Crippen molar-refractivity contribution in [1.82, 2.24) is 5.32 Å². The van der Waals surface area contributed by atoms with Crippen molar-refractivity contribution in [2.45, 2.75) is 37.5 Å². The van der Waals surface area contributed by atoms with Gasteiger partial charge in [0.1, 0.15) is 0 Å². The third-order valence-corrected chi connectivity index (χ3v) is 6.84. The summed E-state index contributed by atoms with van der Waals surface area (Å²) >= 11 is 6.25. The lowest BCUT2D eigenvalue weighted by atomic mass is 9.74. The van der Waals surface area contributed by atoms with Gasteiger partial charge in [-0.1, -0.05) is 23.7 Å². The van der Waals surface area contributed by atoms with Crippen molar-refractivity contribution in [3.63, 3.8) is 0 Å². The molecule has 0 aliphatic carbocycles. The molecule has 2 aliphatic heterocycles. The Bertz CT molecular complexity index is 985. The summed E-state index contributed by atoms with van der Waals surface area (Å²) in [5.74, 6) is -0.290. The van der Waals surface area contributed by atoms with E-state index in [9.17, 15) is 14.9 Å². The van der Waals surface area contributed by atoms with Gasteiger partial charge in [0.2, 0.25) is 0 Å². The zero-order valence-corrected chi connectivity index (χ0v) is 18.8. The Labute approximate surface area is 192 Å². The summed E-state index contributed by atoms with van der Waals surface area (Å²) in [6.07, 6.45) is 4.80. The maximum atomic E-state index is 13.3. The average molecular weight is 458 g/mol. The molecule has 0 atom stereocenters. The zero-order chi connectivity index (χ0) is 22.6. The fourth-order valence-electron chi connectivity index (χ4n) is 4.72. The number of hydrogen-bond acceptors (Lipinski definition) is 5. The lowest BCUT2D eigenvalue weighted by Gasteiger charge is -2.38.